The maximum absolute atomic E-state index is 12.7. The zero-order valence-electron chi connectivity index (χ0n) is 17.4. The van der Waals surface area contributed by atoms with Gasteiger partial charge in [0.15, 0.2) is 5.82 Å². The molecule has 0 radical (unpaired) electrons. The van der Waals surface area contributed by atoms with Gasteiger partial charge in [-0.3, -0.25) is 4.79 Å². The summed E-state index contributed by atoms with van der Waals surface area (Å²) in [6, 6.07) is 5.94. The molecule has 8 heteroatoms. The van der Waals surface area contributed by atoms with Crippen molar-refractivity contribution in [2.75, 3.05) is 42.3 Å². The maximum Gasteiger partial charge on any atom is 0.236 e. The summed E-state index contributed by atoms with van der Waals surface area (Å²) in [6.07, 6.45) is 5.82. The SMILES string of the molecule is C=C(NC)C1Cc2cc(Nc3nc(N4CCCCC4)ncc3Cl)ccc2N(C)C1=O. The summed E-state index contributed by atoms with van der Waals surface area (Å²) in [5.74, 6) is 1.06. The number of carbonyl (C=O) groups excluding carboxylic acids is 1. The number of hydrogen-bond acceptors (Lipinski definition) is 6. The van der Waals surface area contributed by atoms with Crippen LogP contribution in [0.25, 0.3) is 0 Å². The van der Waals surface area contributed by atoms with Crippen molar-refractivity contribution in [3.63, 3.8) is 0 Å². The Morgan fingerprint density at radius 3 is 2.77 bits per heavy atom. The van der Waals surface area contributed by atoms with Crippen LogP contribution in [0.1, 0.15) is 24.8 Å². The van der Waals surface area contributed by atoms with E-state index in [1.807, 2.05) is 18.2 Å². The van der Waals surface area contributed by atoms with E-state index in [0.29, 0.717) is 23.2 Å². The molecule has 1 aromatic heterocycles. The van der Waals surface area contributed by atoms with Crippen molar-refractivity contribution in [3.05, 3.63) is 47.3 Å². The second kappa shape index (κ2) is 8.52. The fourth-order valence-corrected chi connectivity index (χ4v) is 4.23. The first-order valence-electron chi connectivity index (χ1n) is 10.3. The van der Waals surface area contributed by atoms with Crippen LogP contribution in [0.3, 0.4) is 0 Å². The summed E-state index contributed by atoms with van der Waals surface area (Å²) in [7, 11) is 3.59. The average Bonchev–Trinajstić information content (AvgIpc) is 2.77. The number of benzene rings is 1. The Kier molecular flexibility index (Phi) is 5.81. The minimum atomic E-state index is -0.281. The van der Waals surface area contributed by atoms with Crippen molar-refractivity contribution in [2.24, 2.45) is 5.92 Å². The number of halogens is 1. The molecule has 4 rings (SSSR count). The van der Waals surface area contributed by atoms with E-state index in [9.17, 15) is 4.79 Å². The van der Waals surface area contributed by atoms with Crippen LogP contribution in [-0.2, 0) is 11.2 Å². The molecule has 3 heterocycles. The predicted molar refractivity (Wildman–Crippen MR) is 122 cm³/mol. The fourth-order valence-electron chi connectivity index (χ4n) is 4.09. The molecule has 2 aromatic rings. The molecule has 7 nitrogen and oxygen atoms in total. The van der Waals surface area contributed by atoms with Crippen molar-refractivity contribution < 1.29 is 4.79 Å². The molecule has 2 aliphatic heterocycles. The van der Waals surface area contributed by atoms with Gasteiger partial charge in [0.1, 0.15) is 5.02 Å². The van der Waals surface area contributed by atoms with Crippen LogP contribution in [0.2, 0.25) is 5.02 Å². The zero-order valence-corrected chi connectivity index (χ0v) is 18.2. The van der Waals surface area contributed by atoms with E-state index in [1.165, 1.54) is 6.42 Å². The Morgan fingerprint density at radius 2 is 2.03 bits per heavy atom. The van der Waals surface area contributed by atoms with Crippen LogP contribution in [0.15, 0.2) is 36.7 Å². The number of nitrogens with one attached hydrogen (secondary N) is 2. The molecular formula is C22H27ClN6O. The average molecular weight is 427 g/mol. The van der Waals surface area contributed by atoms with E-state index < -0.39 is 0 Å². The Bertz CT molecular complexity index is 972. The monoisotopic (exact) mass is 426 g/mol. The molecule has 2 N–H and O–H groups in total. The molecule has 1 amide bonds. The number of anilines is 4. The topological polar surface area (TPSA) is 73.4 Å². The molecule has 1 unspecified atom stereocenters. The van der Waals surface area contributed by atoms with Crippen LogP contribution in [0, 0.1) is 5.92 Å². The molecule has 1 atom stereocenters. The number of piperidine rings is 1. The molecule has 0 bridgehead atoms. The number of rotatable bonds is 5. The van der Waals surface area contributed by atoms with Gasteiger partial charge in [-0.25, -0.2) is 4.98 Å². The van der Waals surface area contributed by atoms with Crippen molar-refractivity contribution in [3.8, 4) is 0 Å². The van der Waals surface area contributed by atoms with Crippen molar-refractivity contribution >= 4 is 40.6 Å². The summed E-state index contributed by atoms with van der Waals surface area (Å²) in [6.45, 7) is 5.94. The highest BCUT2D eigenvalue weighted by molar-refractivity contribution is 6.32. The van der Waals surface area contributed by atoms with Crippen LogP contribution >= 0.6 is 11.6 Å². The number of amides is 1. The largest absolute Gasteiger partial charge is 0.391 e. The normalized spacial score (nSPS) is 18.8. The van der Waals surface area contributed by atoms with Gasteiger partial charge >= 0.3 is 0 Å². The lowest BCUT2D eigenvalue weighted by molar-refractivity contribution is -0.121. The van der Waals surface area contributed by atoms with Crippen molar-refractivity contribution in [1.82, 2.24) is 15.3 Å². The lowest BCUT2D eigenvalue weighted by Gasteiger charge is -2.32. The molecule has 158 valence electrons. The number of hydrogen-bond donors (Lipinski definition) is 2. The molecular weight excluding hydrogens is 400 g/mol. The Labute approximate surface area is 182 Å². The lowest BCUT2D eigenvalue weighted by Crippen LogP contribution is -2.41. The third-order valence-electron chi connectivity index (χ3n) is 5.87. The van der Waals surface area contributed by atoms with Gasteiger partial charge in [0.25, 0.3) is 0 Å². The predicted octanol–water partition coefficient (Wildman–Crippen LogP) is 3.73. The van der Waals surface area contributed by atoms with Gasteiger partial charge in [-0.2, -0.15) is 4.98 Å². The zero-order chi connectivity index (χ0) is 21.3. The Hall–Kier alpha value is -2.80. The molecule has 0 saturated carbocycles. The van der Waals surface area contributed by atoms with Gasteiger partial charge in [-0.1, -0.05) is 18.2 Å². The van der Waals surface area contributed by atoms with Gasteiger partial charge < -0.3 is 20.4 Å². The number of fused-ring (bicyclic) bond motifs is 1. The van der Waals surface area contributed by atoms with Crippen molar-refractivity contribution in [1.29, 1.82) is 0 Å². The second-order valence-corrected chi connectivity index (χ2v) is 8.22. The van der Waals surface area contributed by atoms with Gasteiger partial charge in [0.2, 0.25) is 11.9 Å². The third-order valence-corrected chi connectivity index (χ3v) is 6.14. The summed E-state index contributed by atoms with van der Waals surface area (Å²) in [5, 5.41) is 6.83. The second-order valence-electron chi connectivity index (χ2n) is 7.81. The minimum absolute atomic E-state index is 0.0487. The highest BCUT2D eigenvalue weighted by Gasteiger charge is 2.32. The summed E-state index contributed by atoms with van der Waals surface area (Å²) in [5.41, 5.74) is 3.58. The highest BCUT2D eigenvalue weighted by Crippen LogP contribution is 2.35. The third kappa shape index (κ3) is 3.94. The fraction of sp³-hybridized carbons (Fsp3) is 0.409. The number of aromatic nitrogens is 2. The van der Waals surface area contributed by atoms with Crippen LogP contribution in [-0.4, -0.2) is 43.1 Å². The van der Waals surface area contributed by atoms with Crippen LogP contribution < -0.4 is 20.4 Å². The number of carbonyl (C=O) groups is 1. The molecule has 30 heavy (non-hydrogen) atoms. The van der Waals surface area contributed by atoms with E-state index in [-0.39, 0.29) is 11.8 Å². The Balaban J connectivity index is 1.59. The van der Waals surface area contributed by atoms with Gasteiger partial charge in [0.05, 0.1) is 12.1 Å². The van der Waals surface area contributed by atoms with E-state index in [2.05, 4.69) is 32.1 Å². The maximum atomic E-state index is 12.7. The quantitative estimate of drug-likeness (QED) is 0.758. The van der Waals surface area contributed by atoms with Crippen LogP contribution in [0.4, 0.5) is 23.1 Å². The lowest BCUT2D eigenvalue weighted by atomic mass is 9.89. The molecule has 0 aliphatic carbocycles. The van der Waals surface area contributed by atoms with Crippen molar-refractivity contribution in [2.45, 2.75) is 25.7 Å². The highest BCUT2D eigenvalue weighted by atomic mass is 35.5. The molecule has 2 aliphatic rings. The smallest absolute Gasteiger partial charge is 0.236 e. The van der Waals surface area contributed by atoms with Gasteiger partial charge in [0, 0.05) is 44.3 Å². The molecule has 1 saturated heterocycles. The van der Waals surface area contributed by atoms with Gasteiger partial charge in [-0.05, 0) is 49.4 Å². The minimum Gasteiger partial charge on any atom is -0.391 e. The van der Waals surface area contributed by atoms with E-state index in [1.54, 1.807) is 25.2 Å². The number of nitrogens with zero attached hydrogens (tertiary/aromatic N) is 4. The van der Waals surface area contributed by atoms with E-state index >= 15 is 0 Å². The van der Waals surface area contributed by atoms with E-state index in [0.717, 1.165) is 48.6 Å². The summed E-state index contributed by atoms with van der Waals surface area (Å²) >= 11 is 6.38. The molecule has 1 fully saturated rings. The summed E-state index contributed by atoms with van der Waals surface area (Å²) in [4.78, 5) is 25.6. The first kappa shape index (κ1) is 20.5. The van der Waals surface area contributed by atoms with E-state index in [4.69, 9.17) is 11.6 Å². The molecule has 0 spiro atoms. The Morgan fingerprint density at radius 1 is 1.27 bits per heavy atom. The molecule has 1 aromatic carbocycles. The standard InChI is InChI=1S/C22H27ClN6O/c1-14(24-2)17-12-15-11-16(7-8-19(15)28(3)21(17)30)26-20-18(23)13-25-22(27-20)29-9-5-4-6-10-29/h7-8,11,13,17,24H,1,4-6,9-10,12H2,2-3H3,(H,25,26,27). The van der Waals surface area contributed by atoms with Gasteiger partial charge in [-0.15, -0.1) is 0 Å². The first-order valence-corrected chi connectivity index (χ1v) is 10.7. The first-order chi connectivity index (χ1) is 14.5. The summed E-state index contributed by atoms with van der Waals surface area (Å²) < 4.78 is 0. The van der Waals surface area contributed by atoms with Crippen LogP contribution in [0.5, 0.6) is 0 Å².